The number of hydrogen-bond acceptors (Lipinski definition) is 3. The van der Waals surface area contributed by atoms with Crippen LogP contribution in [0.1, 0.15) is 41.6 Å². The van der Waals surface area contributed by atoms with Crippen molar-refractivity contribution in [3.63, 3.8) is 0 Å². The van der Waals surface area contributed by atoms with Gasteiger partial charge in [-0.05, 0) is 35.6 Å². The molecule has 2 heterocycles. The molecule has 3 aromatic rings. The van der Waals surface area contributed by atoms with Crippen LogP contribution in [0.3, 0.4) is 0 Å². The van der Waals surface area contributed by atoms with Crippen LogP contribution in [0.25, 0.3) is 10.1 Å². The van der Waals surface area contributed by atoms with Crippen molar-refractivity contribution in [2.45, 2.75) is 32.7 Å². The van der Waals surface area contributed by atoms with Crippen molar-refractivity contribution in [3.05, 3.63) is 51.6 Å². The molecule has 0 unspecified atom stereocenters. The van der Waals surface area contributed by atoms with Crippen LogP contribution >= 0.6 is 22.9 Å². The zero-order valence-electron chi connectivity index (χ0n) is 13.1. The highest BCUT2D eigenvalue weighted by atomic mass is 35.5. The number of benzene rings is 1. The fraction of sp³-hybridized carbons (Fsp3) is 0.294. The minimum absolute atomic E-state index is 0.000631. The third-order valence-electron chi connectivity index (χ3n) is 3.90. The van der Waals surface area contributed by atoms with E-state index in [4.69, 9.17) is 11.6 Å². The van der Waals surface area contributed by atoms with Crippen LogP contribution in [0, 0.1) is 5.82 Å². The van der Waals surface area contributed by atoms with Crippen molar-refractivity contribution < 1.29 is 14.3 Å². The molecule has 2 aromatic heterocycles. The van der Waals surface area contributed by atoms with E-state index in [1.165, 1.54) is 23.5 Å². The number of halogens is 2. The van der Waals surface area contributed by atoms with Crippen molar-refractivity contribution >= 4 is 39.0 Å². The fourth-order valence-corrected chi connectivity index (χ4v) is 3.93. The first kappa shape index (κ1) is 16.9. The number of carboxylic acids is 1. The first-order chi connectivity index (χ1) is 11.5. The van der Waals surface area contributed by atoms with Gasteiger partial charge < -0.3 is 9.67 Å². The van der Waals surface area contributed by atoms with Crippen molar-refractivity contribution in [1.82, 2.24) is 9.55 Å². The highest BCUT2D eigenvalue weighted by Gasteiger charge is 2.22. The van der Waals surface area contributed by atoms with E-state index >= 15 is 0 Å². The zero-order valence-corrected chi connectivity index (χ0v) is 14.6. The van der Waals surface area contributed by atoms with Gasteiger partial charge in [0, 0.05) is 16.5 Å². The topological polar surface area (TPSA) is 55.1 Å². The van der Waals surface area contributed by atoms with Gasteiger partial charge in [0.2, 0.25) is 0 Å². The summed E-state index contributed by atoms with van der Waals surface area (Å²) < 4.78 is 16.2. The van der Waals surface area contributed by atoms with E-state index in [1.54, 1.807) is 10.6 Å². The molecule has 1 aromatic carbocycles. The number of imidazole rings is 1. The molecule has 3 rings (SSSR count). The van der Waals surface area contributed by atoms with Gasteiger partial charge >= 0.3 is 5.97 Å². The second kappa shape index (κ2) is 6.91. The molecular formula is C17H16ClFN2O2S. The molecule has 0 aliphatic rings. The Bertz CT molecular complexity index is 904. The third kappa shape index (κ3) is 3.16. The van der Waals surface area contributed by atoms with E-state index in [9.17, 15) is 14.3 Å². The molecule has 1 N–H and O–H groups in total. The number of hydrogen-bond donors (Lipinski definition) is 1. The van der Waals surface area contributed by atoms with E-state index in [0.29, 0.717) is 18.8 Å². The van der Waals surface area contributed by atoms with Gasteiger partial charge in [0.25, 0.3) is 0 Å². The Labute approximate surface area is 147 Å². The van der Waals surface area contributed by atoms with Crippen LogP contribution in [0.4, 0.5) is 4.39 Å². The Morgan fingerprint density at radius 1 is 1.46 bits per heavy atom. The molecule has 0 radical (unpaired) electrons. The van der Waals surface area contributed by atoms with E-state index in [2.05, 4.69) is 11.9 Å². The van der Waals surface area contributed by atoms with Gasteiger partial charge in [0.15, 0.2) is 10.8 Å². The number of thiophene rings is 1. The Hall–Kier alpha value is -1.92. The number of rotatable bonds is 6. The predicted molar refractivity (Wildman–Crippen MR) is 93.7 cm³/mol. The molecule has 4 nitrogen and oxygen atoms in total. The number of fused-ring (bicyclic) bond motifs is 1. The molecule has 0 saturated carbocycles. The summed E-state index contributed by atoms with van der Waals surface area (Å²) in [5.74, 6) is -0.772. The summed E-state index contributed by atoms with van der Waals surface area (Å²) >= 11 is 7.54. The van der Waals surface area contributed by atoms with Crippen LogP contribution in [-0.2, 0) is 13.0 Å². The Balaban J connectivity index is 2.06. The largest absolute Gasteiger partial charge is 0.476 e. The van der Waals surface area contributed by atoms with Gasteiger partial charge in [-0.25, -0.2) is 14.2 Å². The Morgan fingerprint density at radius 3 is 2.96 bits per heavy atom. The van der Waals surface area contributed by atoms with Crippen LogP contribution in [-0.4, -0.2) is 20.6 Å². The quantitative estimate of drug-likeness (QED) is 0.669. The lowest BCUT2D eigenvalue weighted by Crippen LogP contribution is -2.12. The molecule has 0 saturated heterocycles. The third-order valence-corrected chi connectivity index (χ3v) is 5.18. The van der Waals surface area contributed by atoms with Gasteiger partial charge in [0.1, 0.15) is 11.6 Å². The number of unbranched alkanes of at least 4 members (excludes halogenated alkanes) is 1. The van der Waals surface area contributed by atoms with Crippen LogP contribution in [0.5, 0.6) is 0 Å². The van der Waals surface area contributed by atoms with E-state index in [0.717, 1.165) is 28.5 Å². The summed E-state index contributed by atoms with van der Waals surface area (Å²) in [5, 5.41) is 12.2. The van der Waals surface area contributed by atoms with Gasteiger partial charge in [0.05, 0.1) is 6.54 Å². The molecule has 0 atom stereocenters. The minimum atomic E-state index is -1.11. The zero-order chi connectivity index (χ0) is 17.3. The number of nitrogens with zero attached hydrogens (tertiary/aromatic N) is 2. The molecule has 0 fully saturated rings. The molecule has 0 spiro atoms. The average Bonchev–Trinajstić information content (AvgIpc) is 3.06. The summed E-state index contributed by atoms with van der Waals surface area (Å²) in [4.78, 5) is 15.8. The normalized spacial score (nSPS) is 11.3. The molecule has 7 heteroatoms. The predicted octanol–water partition coefficient (Wildman–Crippen LogP) is 4.98. The molecule has 0 bridgehead atoms. The molecular weight excluding hydrogens is 351 g/mol. The molecule has 126 valence electrons. The maximum absolute atomic E-state index is 13.6. The van der Waals surface area contributed by atoms with Gasteiger partial charge in [-0.1, -0.05) is 24.9 Å². The molecule has 0 aliphatic heterocycles. The molecule has 0 aliphatic carbocycles. The highest BCUT2D eigenvalue weighted by Crippen LogP contribution is 2.29. The van der Waals surface area contributed by atoms with E-state index in [1.807, 2.05) is 5.38 Å². The maximum Gasteiger partial charge on any atom is 0.355 e. The average molecular weight is 367 g/mol. The monoisotopic (exact) mass is 366 g/mol. The standard InChI is InChI=1S/C17H16ClFN2O2S/c1-2-3-4-14-20-16(18)15(17(22)23)21(14)8-10-9-24-13-6-5-11(19)7-12(10)13/h5-7,9H,2-4,8H2,1H3,(H,22,23). The van der Waals surface area contributed by atoms with Gasteiger partial charge in [-0.15, -0.1) is 11.3 Å². The Morgan fingerprint density at radius 2 is 2.25 bits per heavy atom. The number of carbonyl (C=O) groups is 1. The fourth-order valence-electron chi connectivity index (χ4n) is 2.71. The van der Waals surface area contributed by atoms with Crippen molar-refractivity contribution in [3.8, 4) is 0 Å². The van der Waals surface area contributed by atoms with Crippen LogP contribution in [0.2, 0.25) is 5.15 Å². The van der Waals surface area contributed by atoms with E-state index < -0.39 is 5.97 Å². The lowest BCUT2D eigenvalue weighted by Gasteiger charge is -2.09. The number of aromatic nitrogens is 2. The smallest absolute Gasteiger partial charge is 0.355 e. The van der Waals surface area contributed by atoms with Crippen LogP contribution < -0.4 is 0 Å². The summed E-state index contributed by atoms with van der Waals surface area (Å²) in [5.41, 5.74) is 0.849. The molecule has 24 heavy (non-hydrogen) atoms. The summed E-state index contributed by atoms with van der Waals surface area (Å²) in [6, 6.07) is 4.63. The Kier molecular flexibility index (Phi) is 4.87. The van der Waals surface area contributed by atoms with Crippen LogP contribution in [0.15, 0.2) is 23.6 Å². The summed E-state index contributed by atoms with van der Waals surface area (Å²) in [6.45, 7) is 2.37. The van der Waals surface area contributed by atoms with Crippen molar-refractivity contribution in [2.75, 3.05) is 0 Å². The van der Waals surface area contributed by atoms with Gasteiger partial charge in [-0.3, -0.25) is 0 Å². The SMILES string of the molecule is CCCCc1nc(Cl)c(C(=O)O)n1Cc1csc2ccc(F)cc12. The highest BCUT2D eigenvalue weighted by molar-refractivity contribution is 7.17. The number of aromatic carboxylic acids is 1. The number of carboxylic acid groups (broad SMARTS) is 1. The van der Waals surface area contributed by atoms with Crippen molar-refractivity contribution in [2.24, 2.45) is 0 Å². The van der Waals surface area contributed by atoms with E-state index in [-0.39, 0.29) is 16.7 Å². The van der Waals surface area contributed by atoms with Gasteiger partial charge in [-0.2, -0.15) is 0 Å². The maximum atomic E-state index is 13.6. The minimum Gasteiger partial charge on any atom is -0.476 e. The lowest BCUT2D eigenvalue weighted by atomic mass is 10.1. The molecule has 0 amide bonds. The summed E-state index contributed by atoms with van der Waals surface area (Å²) in [7, 11) is 0. The lowest BCUT2D eigenvalue weighted by molar-refractivity contribution is 0.0685. The second-order valence-electron chi connectivity index (χ2n) is 5.56. The second-order valence-corrected chi connectivity index (χ2v) is 6.83. The number of aryl methyl sites for hydroxylation is 1. The van der Waals surface area contributed by atoms with Crippen molar-refractivity contribution in [1.29, 1.82) is 0 Å². The first-order valence-electron chi connectivity index (χ1n) is 7.65. The first-order valence-corrected chi connectivity index (χ1v) is 8.90. The summed E-state index contributed by atoms with van der Waals surface area (Å²) in [6.07, 6.45) is 2.52.